The highest BCUT2D eigenvalue weighted by molar-refractivity contribution is 5.72. The predicted octanol–water partition coefficient (Wildman–Crippen LogP) is 14.8. The van der Waals surface area contributed by atoms with Gasteiger partial charge in [0.2, 0.25) is 0 Å². The van der Waals surface area contributed by atoms with Gasteiger partial charge < -0.3 is 23.8 Å². The minimum absolute atomic E-state index is 0.0492. The Bertz CT molecular complexity index is 1050. The van der Waals surface area contributed by atoms with Gasteiger partial charge >= 0.3 is 17.9 Å². The Labute approximate surface area is 377 Å². The summed E-state index contributed by atoms with van der Waals surface area (Å²) in [4.78, 5) is 37.1. The molecule has 8 heteroatoms. The number of carboxylic acids is 1. The van der Waals surface area contributed by atoms with E-state index in [0.29, 0.717) is 19.3 Å². The summed E-state index contributed by atoms with van der Waals surface area (Å²) in [6.45, 7) is 4.75. The lowest BCUT2D eigenvalue weighted by molar-refractivity contribution is -0.887. The van der Waals surface area contributed by atoms with Gasteiger partial charge in [0.1, 0.15) is 6.61 Å². The van der Waals surface area contributed by atoms with Crippen molar-refractivity contribution in [2.24, 2.45) is 0 Å². The lowest BCUT2D eigenvalue weighted by Crippen LogP contribution is -2.50. The summed E-state index contributed by atoms with van der Waals surface area (Å²) in [5.74, 6) is -1.46. The molecule has 0 aliphatic heterocycles. The van der Waals surface area contributed by atoms with Crippen LogP contribution in [-0.4, -0.2) is 80.6 Å². The number of rotatable bonds is 47. The number of ether oxygens (including phenoxy) is 3. The first-order chi connectivity index (χ1) is 29.6. The first-order valence-corrected chi connectivity index (χ1v) is 25.9. The molecule has 0 radical (unpaired) electrons. The van der Waals surface area contributed by atoms with E-state index in [1.54, 1.807) is 0 Å². The summed E-state index contributed by atoms with van der Waals surface area (Å²) in [6.07, 6.45) is 50.8. The second-order valence-corrected chi connectivity index (χ2v) is 18.8. The van der Waals surface area contributed by atoms with Crippen molar-refractivity contribution in [1.29, 1.82) is 0 Å². The lowest BCUT2D eigenvalue weighted by Gasteiger charge is -2.31. The van der Waals surface area contributed by atoms with Gasteiger partial charge in [0.25, 0.3) is 0 Å². The molecule has 1 N–H and O–H groups in total. The predicted molar refractivity (Wildman–Crippen MR) is 257 cm³/mol. The number of nitrogens with zero attached hydrogens (tertiary/aromatic N) is 1. The van der Waals surface area contributed by atoms with E-state index in [1.165, 1.54) is 161 Å². The van der Waals surface area contributed by atoms with E-state index < -0.39 is 18.1 Å². The number of carbonyl (C=O) groups excluding carboxylic acids is 2. The normalized spacial score (nSPS) is 13.0. The van der Waals surface area contributed by atoms with Crippen LogP contribution < -0.4 is 0 Å². The Hall–Kier alpha value is -2.19. The third-order valence-electron chi connectivity index (χ3n) is 11.9. The van der Waals surface area contributed by atoms with Crippen molar-refractivity contribution in [2.45, 2.75) is 257 Å². The largest absolute Gasteiger partial charge is 0.477 e. The summed E-state index contributed by atoms with van der Waals surface area (Å²) >= 11 is 0. The first kappa shape index (κ1) is 58.8. The van der Waals surface area contributed by atoms with Crippen LogP contribution in [0.5, 0.6) is 0 Å². The summed E-state index contributed by atoms with van der Waals surface area (Å²) in [7, 11) is 5.54. The van der Waals surface area contributed by atoms with Crippen molar-refractivity contribution < 1.29 is 38.2 Å². The molecule has 0 aromatic heterocycles. The molecule has 0 heterocycles. The Morgan fingerprint density at radius 2 is 0.869 bits per heavy atom. The van der Waals surface area contributed by atoms with Crippen LogP contribution in [0.1, 0.15) is 245 Å². The Morgan fingerprint density at radius 3 is 1.30 bits per heavy atom. The average Bonchev–Trinajstić information content (AvgIpc) is 3.22. The van der Waals surface area contributed by atoms with Crippen LogP contribution in [-0.2, 0) is 28.6 Å². The topological polar surface area (TPSA) is 99.1 Å². The molecule has 0 spiro atoms. The summed E-state index contributed by atoms with van der Waals surface area (Å²) in [6, 6.07) is -0.614. The molecule has 358 valence electrons. The highest BCUT2D eigenvalue weighted by Crippen LogP contribution is 2.16. The van der Waals surface area contributed by atoms with E-state index in [1.807, 2.05) is 21.1 Å². The zero-order valence-electron chi connectivity index (χ0n) is 40.9. The molecule has 0 amide bonds. The van der Waals surface area contributed by atoms with E-state index >= 15 is 0 Å². The molecule has 2 atom stereocenters. The van der Waals surface area contributed by atoms with Crippen LogP contribution in [0, 0.1) is 0 Å². The highest BCUT2D eigenvalue weighted by atomic mass is 16.6. The second kappa shape index (κ2) is 44.4. The molecule has 8 nitrogen and oxygen atoms in total. The van der Waals surface area contributed by atoms with E-state index in [0.717, 1.165) is 51.4 Å². The Balaban J connectivity index is 4.21. The maximum Gasteiger partial charge on any atom is 0.362 e. The van der Waals surface area contributed by atoms with Gasteiger partial charge in [0.05, 0.1) is 34.4 Å². The minimum atomic E-state index is -0.873. The van der Waals surface area contributed by atoms with Crippen molar-refractivity contribution in [1.82, 2.24) is 0 Å². The van der Waals surface area contributed by atoms with Gasteiger partial charge in [-0.25, -0.2) is 4.79 Å². The fourth-order valence-corrected chi connectivity index (χ4v) is 7.83. The van der Waals surface area contributed by atoms with Gasteiger partial charge in [-0.05, 0) is 44.9 Å². The monoisotopic (exact) mass is 863 g/mol. The third-order valence-corrected chi connectivity index (χ3v) is 11.9. The van der Waals surface area contributed by atoms with Crippen molar-refractivity contribution >= 4 is 17.9 Å². The van der Waals surface area contributed by atoms with Crippen LogP contribution in [0.15, 0.2) is 24.3 Å². The molecule has 0 aromatic carbocycles. The highest BCUT2D eigenvalue weighted by Gasteiger charge is 2.31. The molecule has 61 heavy (non-hydrogen) atoms. The molecular formula is C53H100NO7+. The molecule has 0 aromatic rings. The summed E-state index contributed by atoms with van der Waals surface area (Å²) in [5, 5.41) is 9.65. The zero-order chi connectivity index (χ0) is 44.9. The van der Waals surface area contributed by atoms with Crippen LogP contribution in [0.3, 0.4) is 0 Å². The van der Waals surface area contributed by atoms with E-state index in [9.17, 15) is 19.5 Å². The lowest BCUT2D eigenvalue weighted by atomic mass is 10.0. The number of quaternary nitrogens is 1. The number of unbranched alkanes of at least 4 members (excludes halogenated alkanes) is 29. The van der Waals surface area contributed by atoms with Gasteiger partial charge in [-0.1, -0.05) is 205 Å². The van der Waals surface area contributed by atoms with Gasteiger partial charge in [0.15, 0.2) is 12.1 Å². The third kappa shape index (κ3) is 42.9. The molecular weight excluding hydrogens is 763 g/mol. The average molecular weight is 863 g/mol. The van der Waals surface area contributed by atoms with E-state index in [-0.39, 0.29) is 36.2 Å². The maximum absolute atomic E-state index is 12.8. The molecule has 2 unspecified atom stereocenters. The quantitative estimate of drug-likeness (QED) is 0.0281. The molecule has 0 aliphatic carbocycles. The van der Waals surface area contributed by atoms with Gasteiger partial charge in [0, 0.05) is 19.3 Å². The summed E-state index contributed by atoms with van der Waals surface area (Å²) < 4.78 is 17.4. The molecule has 0 aliphatic rings. The fourth-order valence-electron chi connectivity index (χ4n) is 7.83. The van der Waals surface area contributed by atoms with Crippen molar-refractivity contribution in [3.05, 3.63) is 24.3 Å². The molecule has 0 saturated heterocycles. The zero-order valence-corrected chi connectivity index (χ0v) is 40.9. The second-order valence-electron chi connectivity index (χ2n) is 18.8. The number of carbonyl (C=O) groups is 3. The first-order valence-electron chi connectivity index (χ1n) is 25.9. The van der Waals surface area contributed by atoms with Crippen molar-refractivity contribution in [2.75, 3.05) is 41.0 Å². The number of hydrogen-bond acceptors (Lipinski definition) is 6. The van der Waals surface area contributed by atoms with Crippen LogP contribution in [0.25, 0.3) is 0 Å². The number of esters is 2. The smallest absolute Gasteiger partial charge is 0.362 e. The molecule has 0 fully saturated rings. The van der Waals surface area contributed by atoms with Crippen LogP contribution in [0.4, 0.5) is 0 Å². The standard InChI is InChI=1S/C53H99NO7/c1-6-8-10-12-14-16-18-20-22-24-25-26-28-29-31-33-35-37-39-41-43-51(55)60-48-49(47-59-46-45-50(53(57)58)54(3,4)5)61-52(56)44-42-40-38-36-34-32-30-27-23-21-19-17-15-13-11-9-7-2/h15,17,21,23,49-50H,6-14,16,18-20,22,24-48H2,1-5H3/p+1/b17-15+,23-21+. The number of allylic oxidation sites excluding steroid dienone is 4. The van der Waals surface area contributed by atoms with Crippen molar-refractivity contribution in [3.63, 3.8) is 0 Å². The van der Waals surface area contributed by atoms with E-state index in [4.69, 9.17) is 14.2 Å². The SMILES string of the molecule is CCCCC/C=C/C/C=C/CCCCCCCCCC(=O)OC(COCCC(C(=O)O)[N+](C)(C)C)COC(=O)CCCCCCCCCCCCCCCCCCCCCC. The Morgan fingerprint density at radius 1 is 0.492 bits per heavy atom. The number of carboxylic acid groups (broad SMARTS) is 1. The maximum atomic E-state index is 12.8. The van der Waals surface area contributed by atoms with Crippen molar-refractivity contribution in [3.8, 4) is 0 Å². The van der Waals surface area contributed by atoms with Gasteiger partial charge in [-0.3, -0.25) is 9.59 Å². The van der Waals surface area contributed by atoms with Gasteiger partial charge in [-0.15, -0.1) is 0 Å². The number of likely N-dealkylation sites (N-methyl/N-ethyl adjacent to an activating group) is 1. The minimum Gasteiger partial charge on any atom is -0.477 e. The summed E-state index contributed by atoms with van der Waals surface area (Å²) in [5.41, 5.74) is 0. The van der Waals surface area contributed by atoms with E-state index in [2.05, 4.69) is 38.2 Å². The van der Waals surface area contributed by atoms with Gasteiger partial charge in [-0.2, -0.15) is 0 Å². The van der Waals surface area contributed by atoms with Crippen LogP contribution >= 0.6 is 0 Å². The molecule has 0 bridgehead atoms. The molecule has 0 rings (SSSR count). The Kier molecular flexibility index (Phi) is 42.8. The fraction of sp³-hybridized carbons (Fsp3) is 0.868. The molecule has 0 saturated carbocycles. The number of aliphatic carboxylic acids is 1. The van der Waals surface area contributed by atoms with Crippen LogP contribution in [0.2, 0.25) is 0 Å². The number of hydrogen-bond donors (Lipinski definition) is 1.